The molecule has 3 aromatic rings. The van der Waals surface area contributed by atoms with Gasteiger partial charge in [-0.2, -0.15) is 0 Å². The van der Waals surface area contributed by atoms with Crippen LogP contribution in [0.5, 0.6) is 0 Å². The summed E-state index contributed by atoms with van der Waals surface area (Å²) in [6.07, 6.45) is 2.68. The average Bonchev–Trinajstić information content (AvgIpc) is 2.80. The molecule has 3 rings (SSSR count). The van der Waals surface area contributed by atoms with Crippen LogP contribution in [0.2, 0.25) is 0 Å². The Labute approximate surface area is 128 Å². The van der Waals surface area contributed by atoms with Gasteiger partial charge in [0.15, 0.2) is 5.13 Å². The zero-order chi connectivity index (χ0) is 15.0. The van der Waals surface area contributed by atoms with Crippen molar-refractivity contribution >= 4 is 27.4 Å². The van der Waals surface area contributed by atoms with Gasteiger partial charge in [0.05, 0.1) is 11.2 Å². The van der Waals surface area contributed by atoms with E-state index in [1.165, 1.54) is 15.8 Å². The first kappa shape index (κ1) is 14.0. The van der Waals surface area contributed by atoms with Gasteiger partial charge < -0.3 is 5.73 Å². The molecule has 3 nitrogen and oxygen atoms in total. The number of nitrogens with two attached hydrogens (primary N) is 1. The van der Waals surface area contributed by atoms with Gasteiger partial charge >= 0.3 is 0 Å². The molecular formula is C17H19N3S. The fraction of sp³-hybridized carbons (Fsp3) is 0.294. The summed E-state index contributed by atoms with van der Waals surface area (Å²) >= 11 is 1.59. The van der Waals surface area contributed by atoms with E-state index in [2.05, 4.69) is 48.9 Å². The molecule has 4 heteroatoms. The third-order valence-corrected chi connectivity index (χ3v) is 4.40. The molecule has 108 valence electrons. The highest BCUT2D eigenvalue weighted by Gasteiger charge is 2.23. The summed E-state index contributed by atoms with van der Waals surface area (Å²) in [5, 5.41) is 1.85. The fourth-order valence-corrected chi connectivity index (χ4v) is 3.64. The monoisotopic (exact) mass is 297 g/mol. The van der Waals surface area contributed by atoms with E-state index in [4.69, 9.17) is 5.73 Å². The highest BCUT2D eigenvalue weighted by atomic mass is 32.1. The maximum Gasteiger partial charge on any atom is 0.180 e. The Morgan fingerprint density at radius 1 is 1.14 bits per heavy atom. The third-order valence-electron chi connectivity index (χ3n) is 3.51. The predicted octanol–water partition coefficient (Wildman–Crippen LogP) is 4.16. The molecule has 0 fully saturated rings. The maximum atomic E-state index is 5.94. The van der Waals surface area contributed by atoms with E-state index in [9.17, 15) is 0 Å². The fourth-order valence-electron chi connectivity index (χ4n) is 2.57. The highest BCUT2D eigenvalue weighted by molar-refractivity contribution is 7.15. The zero-order valence-corrected chi connectivity index (χ0v) is 13.4. The molecule has 0 bridgehead atoms. The quantitative estimate of drug-likeness (QED) is 0.772. The molecule has 0 saturated heterocycles. The average molecular weight is 297 g/mol. The first-order valence-corrected chi connectivity index (χ1v) is 7.85. The molecule has 1 aromatic carbocycles. The zero-order valence-electron chi connectivity index (χ0n) is 12.6. The van der Waals surface area contributed by atoms with E-state index >= 15 is 0 Å². The van der Waals surface area contributed by atoms with Crippen LogP contribution in [0, 0.1) is 0 Å². The second-order valence-corrected chi connectivity index (χ2v) is 7.35. The van der Waals surface area contributed by atoms with Gasteiger partial charge in [0.1, 0.15) is 0 Å². The van der Waals surface area contributed by atoms with Crippen LogP contribution in [0.1, 0.15) is 36.9 Å². The number of rotatable bonds is 2. The lowest BCUT2D eigenvalue weighted by molar-refractivity contribution is 0.568. The van der Waals surface area contributed by atoms with E-state index in [1.807, 2.05) is 18.3 Å². The molecule has 0 atom stereocenters. The molecule has 0 aliphatic heterocycles. The second-order valence-electron chi connectivity index (χ2n) is 6.24. The van der Waals surface area contributed by atoms with Gasteiger partial charge in [-0.1, -0.05) is 39.0 Å². The van der Waals surface area contributed by atoms with Crippen LogP contribution in [0.25, 0.3) is 10.9 Å². The van der Waals surface area contributed by atoms with Crippen molar-refractivity contribution in [3.05, 3.63) is 52.7 Å². The van der Waals surface area contributed by atoms with Crippen LogP contribution in [0.3, 0.4) is 0 Å². The number of hydrogen-bond donors (Lipinski definition) is 1. The van der Waals surface area contributed by atoms with E-state index < -0.39 is 0 Å². The minimum Gasteiger partial charge on any atom is -0.375 e. The standard InChI is InChI=1S/C17H19N3S/c1-17(2,3)15-14(21-16(18)20-15)10-11-6-4-8-13-12(11)7-5-9-19-13/h4-9H,10H2,1-3H3,(H2,18,20). The van der Waals surface area contributed by atoms with E-state index in [0.717, 1.165) is 17.6 Å². The van der Waals surface area contributed by atoms with Crippen LogP contribution in [0.15, 0.2) is 36.5 Å². The molecular weight excluding hydrogens is 278 g/mol. The van der Waals surface area contributed by atoms with E-state index in [1.54, 1.807) is 11.3 Å². The van der Waals surface area contributed by atoms with Crippen molar-refractivity contribution in [1.29, 1.82) is 0 Å². The Morgan fingerprint density at radius 2 is 1.95 bits per heavy atom. The Morgan fingerprint density at radius 3 is 2.71 bits per heavy atom. The van der Waals surface area contributed by atoms with Gasteiger partial charge in [0, 0.05) is 28.3 Å². The molecule has 2 aromatic heterocycles. The topological polar surface area (TPSA) is 51.8 Å². The number of aromatic nitrogens is 2. The number of pyridine rings is 1. The molecule has 0 aliphatic carbocycles. The largest absolute Gasteiger partial charge is 0.375 e. The van der Waals surface area contributed by atoms with Crippen molar-refractivity contribution < 1.29 is 0 Å². The molecule has 0 radical (unpaired) electrons. The Kier molecular flexibility index (Phi) is 3.41. The molecule has 0 saturated carbocycles. The number of fused-ring (bicyclic) bond motifs is 1. The summed E-state index contributed by atoms with van der Waals surface area (Å²) in [5.74, 6) is 0. The van der Waals surface area contributed by atoms with Crippen molar-refractivity contribution in [3.63, 3.8) is 0 Å². The van der Waals surface area contributed by atoms with Crippen molar-refractivity contribution in [2.75, 3.05) is 5.73 Å². The lowest BCUT2D eigenvalue weighted by atomic mass is 9.90. The maximum absolute atomic E-state index is 5.94. The van der Waals surface area contributed by atoms with Crippen LogP contribution in [-0.4, -0.2) is 9.97 Å². The van der Waals surface area contributed by atoms with Gasteiger partial charge in [0.25, 0.3) is 0 Å². The number of benzene rings is 1. The van der Waals surface area contributed by atoms with Gasteiger partial charge in [0.2, 0.25) is 0 Å². The second kappa shape index (κ2) is 5.11. The summed E-state index contributed by atoms with van der Waals surface area (Å²) in [5.41, 5.74) is 9.35. The Balaban J connectivity index is 2.07. The number of nitrogen functional groups attached to an aromatic ring is 1. The highest BCUT2D eigenvalue weighted by Crippen LogP contribution is 2.33. The van der Waals surface area contributed by atoms with Crippen LogP contribution in [0.4, 0.5) is 5.13 Å². The van der Waals surface area contributed by atoms with Gasteiger partial charge in [-0.25, -0.2) is 4.98 Å². The van der Waals surface area contributed by atoms with Crippen molar-refractivity contribution in [1.82, 2.24) is 9.97 Å². The van der Waals surface area contributed by atoms with Crippen LogP contribution < -0.4 is 5.73 Å². The Hall–Kier alpha value is -1.94. The van der Waals surface area contributed by atoms with Crippen LogP contribution in [-0.2, 0) is 11.8 Å². The SMILES string of the molecule is CC(C)(C)c1nc(N)sc1Cc1cccc2ncccc12. The summed E-state index contributed by atoms with van der Waals surface area (Å²) in [4.78, 5) is 10.2. The molecule has 0 aliphatic rings. The third kappa shape index (κ3) is 2.76. The number of anilines is 1. The van der Waals surface area contributed by atoms with Crippen molar-refractivity contribution in [2.24, 2.45) is 0 Å². The minimum absolute atomic E-state index is 0.00624. The molecule has 2 heterocycles. The molecule has 2 N–H and O–H groups in total. The van der Waals surface area contributed by atoms with Crippen molar-refractivity contribution in [3.8, 4) is 0 Å². The summed E-state index contributed by atoms with van der Waals surface area (Å²) < 4.78 is 0. The first-order chi connectivity index (χ1) is 9.95. The molecule has 0 amide bonds. The lowest BCUT2D eigenvalue weighted by Crippen LogP contribution is -2.14. The smallest absolute Gasteiger partial charge is 0.180 e. The van der Waals surface area contributed by atoms with Gasteiger partial charge in [-0.3, -0.25) is 4.98 Å². The van der Waals surface area contributed by atoms with Gasteiger partial charge in [-0.15, -0.1) is 11.3 Å². The molecule has 21 heavy (non-hydrogen) atoms. The predicted molar refractivity (Wildman–Crippen MR) is 89.8 cm³/mol. The van der Waals surface area contributed by atoms with E-state index in [0.29, 0.717) is 5.13 Å². The summed E-state index contributed by atoms with van der Waals surface area (Å²) in [6.45, 7) is 6.53. The molecule has 0 spiro atoms. The number of hydrogen-bond acceptors (Lipinski definition) is 4. The Bertz CT molecular complexity index is 779. The van der Waals surface area contributed by atoms with Gasteiger partial charge in [-0.05, 0) is 17.7 Å². The molecule has 0 unspecified atom stereocenters. The van der Waals surface area contributed by atoms with Crippen molar-refractivity contribution in [2.45, 2.75) is 32.6 Å². The normalized spacial score (nSPS) is 12.0. The lowest BCUT2D eigenvalue weighted by Gasteiger charge is -2.17. The van der Waals surface area contributed by atoms with Crippen LogP contribution >= 0.6 is 11.3 Å². The first-order valence-electron chi connectivity index (χ1n) is 7.03. The number of nitrogens with zero attached hydrogens (tertiary/aromatic N) is 2. The minimum atomic E-state index is 0.00624. The number of thiazole rings is 1. The summed E-state index contributed by atoms with van der Waals surface area (Å²) in [6, 6.07) is 10.4. The van der Waals surface area contributed by atoms with E-state index in [-0.39, 0.29) is 5.41 Å². The summed E-state index contributed by atoms with van der Waals surface area (Å²) in [7, 11) is 0.